The number of ketones is 1. The van der Waals surface area contributed by atoms with E-state index in [2.05, 4.69) is 37.8 Å². The van der Waals surface area contributed by atoms with E-state index in [1.54, 1.807) is 0 Å². The first kappa shape index (κ1) is 29.9. The first-order chi connectivity index (χ1) is 19.1. The van der Waals surface area contributed by atoms with Gasteiger partial charge in [-0.2, -0.15) is 5.10 Å². The van der Waals surface area contributed by atoms with Gasteiger partial charge < -0.3 is 10.0 Å². The lowest BCUT2D eigenvalue weighted by Gasteiger charge is -2.51. The quantitative estimate of drug-likeness (QED) is 0.318. The molecular weight excluding hydrogens is 577 g/mol. The molecule has 41 heavy (non-hydrogen) atoms. The molecule has 6 rings (SSSR count). The molecule has 0 aliphatic heterocycles. The van der Waals surface area contributed by atoms with Gasteiger partial charge in [0.25, 0.3) is 12.3 Å². The fraction of sp³-hybridized carbons (Fsp3) is 0.621. The minimum Gasteiger partial charge on any atom is -0.481 e. The lowest BCUT2D eigenvalue weighted by molar-refractivity contribution is -0.158. The molecule has 4 aliphatic carbocycles. The van der Waals surface area contributed by atoms with Crippen molar-refractivity contribution < 1.29 is 28.3 Å². The number of halogens is 4. The van der Waals surface area contributed by atoms with E-state index in [0.717, 1.165) is 0 Å². The molecule has 4 fully saturated rings. The Bertz CT molecular complexity index is 1360. The zero-order chi connectivity index (χ0) is 30.1. The first-order valence-corrected chi connectivity index (χ1v) is 14.5. The molecule has 8 nitrogen and oxygen atoms in total. The van der Waals surface area contributed by atoms with E-state index in [9.17, 15) is 28.3 Å². The summed E-state index contributed by atoms with van der Waals surface area (Å²) in [4.78, 5) is 44.5. The highest BCUT2D eigenvalue weighted by Crippen LogP contribution is 2.68. The minimum absolute atomic E-state index is 0.0135. The van der Waals surface area contributed by atoms with E-state index in [1.807, 2.05) is 0 Å². The van der Waals surface area contributed by atoms with Crippen molar-refractivity contribution in [1.29, 1.82) is 0 Å². The van der Waals surface area contributed by atoms with Crippen molar-refractivity contribution >= 4 is 40.9 Å². The van der Waals surface area contributed by atoms with E-state index in [-0.39, 0.29) is 44.5 Å². The number of fused-ring (bicyclic) bond motifs is 3. The van der Waals surface area contributed by atoms with E-state index < -0.39 is 47.3 Å². The summed E-state index contributed by atoms with van der Waals surface area (Å²) in [7, 11) is 0. The third-order valence-corrected chi connectivity index (χ3v) is 11.4. The predicted octanol–water partition coefficient (Wildman–Crippen LogP) is 6.66. The van der Waals surface area contributed by atoms with Crippen molar-refractivity contribution in [3.63, 3.8) is 0 Å². The third-order valence-electron chi connectivity index (χ3n) is 10.8. The topological polar surface area (TPSA) is 105 Å². The van der Waals surface area contributed by atoms with Crippen molar-refractivity contribution in [2.75, 3.05) is 13.1 Å². The number of alkyl halides is 2. The number of aromatic nitrogens is 3. The molecule has 2 aromatic rings. The van der Waals surface area contributed by atoms with E-state index in [0.29, 0.717) is 38.5 Å². The van der Waals surface area contributed by atoms with Crippen molar-refractivity contribution in [1.82, 2.24) is 19.7 Å². The van der Waals surface area contributed by atoms with E-state index >= 15 is 0 Å². The van der Waals surface area contributed by atoms with Gasteiger partial charge in [-0.1, -0.05) is 50.9 Å². The summed E-state index contributed by atoms with van der Waals surface area (Å²) < 4.78 is 30.8. The highest BCUT2D eigenvalue weighted by atomic mass is 35.5. The zero-order valence-corrected chi connectivity index (χ0v) is 25.0. The van der Waals surface area contributed by atoms with Crippen LogP contribution in [0, 0.1) is 22.2 Å². The number of pyridine rings is 1. The Morgan fingerprint density at radius 2 is 1.54 bits per heavy atom. The number of Topliss-reactive ketones (excluding diaryl/α,β-unsaturated/α-hetero) is 1. The fourth-order valence-electron chi connectivity index (χ4n) is 7.24. The van der Waals surface area contributed by atoms with Gasteiger partial charge in [-0.15, -0.1) is 0 Å². The molecule has 0 radical (unpaired) electrons. The maximum atomic E-state index is 14.7. The number of hydrogen-bond donors (Lipinski definition) is 1. The Morgan fingerprint density at radius 1 is 1.00 bits per heavy atom. The number of carboxylic acid groups (broad SMARTS) is 1. The summed E-state index contributed by atoms with van der Waals surface area (Å²) in [5.41, 5.74) is -2.62. The van der Waals surface area contributed by atoms with Crippen molar-refractivity contribution in [3.05, 3.63) is 45.5 Å². The predicted molar refractivity (Wildman–Crippen MR) is 148 cm³/mol. The summed E-state index contributed by atoms with van der Waals surface area (Å²) in [6.07, 6.45) is 3.00. The molecule has 0 unspecified atom stereocenters. The molecule has 4 aliphatic rings. The molecule has 0 saturated heterocycles. The highest BCUT2D eigenvalue weighted by molar-refractivity contribution is 6.39. The Labute approximate surface area is 247 Å². The van der Waals surface area contributed by atoms with Gasteiger partial charge in [-0.3, -0.25) is 24.0 Å². The molecule has 12 heteroatoms. The van der Waals surface area contributed by atoms with Gasteiger partial charge >= 0.3 is 5.97 Å². The number of nitrogens with zero attached hydrogens (tertiary/aromatic N) is 4. The molecule has 4 saturated carbocycles. The lowest BCUT2D eigenvalue weighted by Crippen LogP contribution is -2.51. The molecule has 2 aromatic heterocycles. The number of carbonyl (C=O) groups is 3. The zero-order valence-electron chi connectivity index (χ0n) is 23.5. The monoisotopic (exact) mass is 610 g/mol. The molecule has 1 N–H and O–H groups in total. The average Bonchev–Trinajstić information content (AvgIpc) is 3.21. The molecule has 0 spiro atoms. The maximum Gasteiger partial charge on any atom is 0.309 e. The van der Waals surface area contributed by atoms with Gasteiger partial charge in [0.15, 0.2) is 5.78 Å². The molecule has 2 bridgehead atoms. The second-order valence-corrected chi connectivity index (χ2v) is 13.9. The van der Waals surface area contributed by atoms with Crippen molar-refractivity contribution in [2.45, 2.75) is 78.2 Å². The Balaban J connectivity index is 1.49. The second-order valence-electron chi connectivity index (χ2n) is 13.0. The number of carbonyl (C=O) groups excluding carboxylic acids is 2. The van der Waals surface area contributed by atoms with Crippen LogP contribution in [0.2, 0.25) is 10.0 Å². The fourth-order valence-corrected chi connectivity index (χ4v) is 7.82. The average molecular weight is 612 g/mol. The van der Waals surface area contributed by atoms with Crippen LogP contribution in [0.25, 0.3) is 0 Å². The number of carboxylic acids is 1. The van der Waals surface area contributed by atoms with E-state index in [4.69, 9.17) is 23.2 Å². The highest BCUT2D eigenvalue weighted by Gasteiger charge is 2.65. The Hall–Kier alpha value is -2.59. The van der Waals surface area contributed by atoms with Crippen LogP contribution >= 0.6 is 23.2 Å². The van der Waals surface area contributed by atoms with Gasteiger partial charge in [-0.05, 0) is 55.3 Å². The van der Waals surface area contributed by atoms with E-state index in [1.165, 1.54) is 28.2 Å². The summed E-state index contributed by atoms with van der Waals surface area (Å²) >= 11 is 12.4. The molecule has 2 heterocycles. The lowest BCUT2D eigenvalue weighted by atomic mass is 9.57. The largest absolute Gasteiger partial charge is 0.481 e. The summed E-state index contributed by atoms with van der Waals surface area (Å²) in [6.45, 7) is 8.05. The number of hydrogen-bond acceptors (Lipinski definition) is 5. The molecule has 1 amide bonds. The third kappa shape index (κ3) is 4.65. The molecule has 222 valence electrons. The van der Waals surface area contributed by atoms with Gasteiger partial charge in [0.05, 0.1) is 44.9 Å². The summed E-state index contributed by atoms with van der Waals surface area (Å²) in [5.74, 6) is -2.08. The minimum atomic E-state index is -3.01. The smallest absolute Gasteiger partial charge is 0.309 e. The maximum absolute atomic E-state index is 14.7. The first-order valence-electron chi connectivity index (χ1n) is 13.8. The number of rotatable bonds is 9. The summed E-state index contributed by atoms with van der Waals surface area (Å²) in [6, 6.07) is 0. The van der Waals surface area contributed by atoms with Crippen LogP contribution in [0.15, 0.2) is 18.6 Å². The molecule has 0 aromatic carbocycles. The van der Waals surface area contributed by atoms with Gasteiger partial charge in [0.2, 0.25) is 0 Å². The normalized spacial score (nSPS) is 26.3. The molecular formula is C29H34Cl2F2N4O4. The van der Waals surface area contributed by atoms with Crippen LogP contribution in [0.5, 0.6) is 0 Å². The van der Waals surface area contributed by atoms with Gasteiger partial charge in [0, 0.05) is 18.9 Å². The van der Waals surface area contributed by atoms with Crippen LogP contribution in [0.3, 0.4) is 0 Å². The Kier molecular flexibility index (Phi) is 7.29. The van der Waals surface area contributed by atoms with Crippen molar-refractivity contribution in [2.24, 2.45) is 22.2 Å². The van der Waals surface area contributed by atoms with Crippen molar-refractivity contribution in [3.8, 4) is 0 Å². The number of amides is 1. The standard InChI is InChI=1S/C29H34Cl2F2N4O4/c1-26(2)20(27(26,3)4)15-36(14-19(38)21-17(30)12-34-13-18(21)31)24(39)16-11-35-37(22(16)23(32)33)29-8-5-28(6-9-29,7-10-29)25(40)41/h11-13,20,23H,5-10,14-15H2,1-4H3,(H,40,41). The number of aliphatic carboxylic acids is 1. The molecule has 0 atom stereocenters. The van der Waals surface area contributed by atoms with Crippen LogP contribution < -0.4 is 0 Å². The van der Waals surface area contributed by atoms with Crippen LogP contribution in [0.1, 0.15) is 99.1 Å². The second kappa shape index (κ2) is 10.0. The summed E-state index contributed by atoms with van der Waals surface area (Å²) in [5, 5.41) is 14.1. The SMILES string of the molecule is CC1(C)C(CN(CC(=O)c2c(Cl)cncc2Cl)C(=O)c2cnn(C34CCC(C(=O)O)(CC3)CC4)c2C(F)F)C1(C)C. The van der Waals surface area contributed by atoms with Gasteiger partial charge in [-0.25, -0.2) is 8.78 Å². The van der Waals surface area contributed by atoms with Crippen LogP contribution in [0.4, 0.5) is 8.78 Å². The van der Waals surface area contributed by atoms with Crippen LogP contribution in [-0.2, 0) is 10.3 Å². The van der Waals surface area contributed by atoms with Gasteiger partial charge in [0.1, 0.15) is 5.69 Å². The Morgan fingerprint density at radius 3 is 2.00 bits per heavy atom. The van der Waals surface area contributed by atoms with Crippen LogP contribution in [-0.4, -0.2) is 55.5 Å².